The fraction of sp³-hybridized carbons (Fsp3) is 0.562. The first-order valence-electron chi connectivity index (χ1n) is 8.03. The molecule has 0 bridgehead atoms. The molecule has 2 aromatic rings. The van der Waals surface area contributed by atoms with Crippen molar-refractivity contribution in [3.8, 4) is 11.6 Å². The van der Waals surface area contributed by atoms with E-state index in [0.717, 1.165) is 12.8 Å². The number of nitrogens with one attached hydrogen (secondary N) is 1. The molecule has 7 nitrogen and oxygen atoms in total. The van der Waals surface area contributed by atoms with Crippen molar-refractivity contribution in [3.63, 3.8) is 0 Å². The van der Waals surface area contributed by atoms with Crippen molar-refractivity contribution in [3.05, 3.63) is 24.3 Å². The summed E-state index contributed by atoms with van der Waals surface area (Å²) in [5.74, 6) is 1.50. The molecule has 1 saturated carbocycles. The van der Waals surface area contributed by atoms with Gasteiger partial charge in [0, 0.05) is 19.4 Å². The zero-order valence-corrected chi connectivity index (χ0v) is 12.9. The lowest BCUT2D eigenvalue weighted by molar-refractivity contribution is -0.121. The minimum absolute atomic E-state index is 0.125. The lowest BCUT2D eigenvalue weighted by Gasteiger charge is -2.17. The van der Waals surface area contributed by atoms with Crippen LogP contribution in [0.3, 0.4) is 0 Å². The summed E-state index contributed by atoms with van der Waals surface area (Å²) < 4.78 is 10.3. The first-order chi connectivity index (χ1) is 11.2. The van der Waals surface area contributed by atoms with Gasteiger partial charge in [-0.15, -0.1) is 0 Å². The molecule has 1 atom stereocenters. The summed E-state index contributed by atoms with van der Waals surface area (Å²) >= 11 is 0. The maximum Gasteiger partial charge on any atom is 0.238 e. The second-order valence-electron chi connectivity index (χ2n) is 5.90. The van der Waals surface area contributed by atoms with Crippen LogP contribution in [0.5, 0.6) is 0 Å². The summed E-state index contributed by atoms with van der Waals surface area (Å²) in [7, 11) is 0. The summed E-state index contributed by atoms with van der Waals surface area (Å²) in [5, 5.41) is 16.6. The first-order valence-corrected chi connectivity index (χ1v) is 8.03. The van der Waals surface area contributed by atoms with E-state index in [4.69, 9.17) is 8.94 Å². The van der Waals surface area contributed by atoms with Crippen LogP contribution in [0.25, 0.3) is 11.6 Å². The quantitative estimate of drug-likeness (QED) is 0.808. The van der Waals surface area contributed by atoms with Gasteiger partial charge in [-0.05, 0) is 30.9 Å². The first kappa shape index (κ1) is 15.7. The fourth-order valence-corrected chi connectivity index (χ4v) is 2.90. The molecule has 1 fully saturated rings. The van der Waals surface area contributed by atoms with Gasteiger partial charge in [-0.25, -0.2) is 0 Å². The van der Waals surface area contributed by atoms with Crippen molar-refractivity contribution in [1.82, 2.24) is 15.5 Å². The van der Waals surface area contributed by atoms with E-state index in [1.165, 1.54) is 19.1 Å². The molecule has 23 heavy (non-hydrogen) atoms. The summed E-state index contributed by atoms with van der Waals surface area (Å²) in [6.07, 6.45) is 6.14. The van der Waals surface area contributed by atoms with Crippen LogP contribution in [0.2, 0.25) is 0 Å². The Morgan fingerprint density at radius 3 is 3.00 bits per heavy atom. The Morgan fingerprint density at radius 1 is 1.43 bits per heavy atom. The highest BCUT2D eigenvalue weighted by atomic mass is 16.5. The lowest BCUT2D eigenvalue weighted by Crippen LogP contribution is -2.35. The number of carbonyl (C=O) groups excluding carboxylic acids is 1. The maximum absolute atomic E-state index is 11.8. The highest BCUT2D eigenvalue weighted by molar-refractivity contribution is 5.76. The van der Waals surface area contributed by atoms with Crippen LogP contribution in [0.15, 0.2) is 27.3 Å². The fourth-order valence-electron chi connectivity index (χ4n) is 2.90. The van der Waals surface area contributed by atoms with Crippen molar-refractivity contribution in [1.29, 1.82) is 0 Å². The Bertz CT molecular complexity index is 617. The van der Waals surface area contributed by atoms with Gasteiger partial charge in [0.2, 0.25) is 17.6 Å². The number of carbonyl (C=O) groups is 1. The van der Waals surface area contributed by atoms with Gasteiger partial charge in [0.05, 0.1) is 12.4 Å². The van der Waals surface area contributed by atoms with Crippen LogP contribution in [-0.4, -0.2) is 33.8 Å². The molecule has 1 unspecified atom stereocenters. The third-order valence-electron chi connectivity index (χ3n) is 4.23. The number of hydrogen-bond donors (Lipinski definition) is 2. The second kappa shape index (κ2) is 7.41. The number of amides is 1. The van der Waals surface area contributed by atoms with Crippen LogP contribution in [-0.2, 0) is 11.2 Å². The van der Waals surface area contributed by atoms with Gasteiger partial charge < -0.3 is 19.4 Å². The normalized spacial score (nSPS) is 16.6. The van der Waals surface area contributed by atoms with Gasteiger partial charge in [0.15, 0.2) is 5.76 Å². The number of aliphatic hydroxyl groups is 1. The molecule has 2 heterocycles. The van der Waals surface area contributed by atoms with E-state index < -0.39 is 6.10 Å². The molecule has 0 saturated heterocycles. The molecule has 124 valence electrons. The van der Waals surface area contributed by atoms with E-state index >= 15 is 0 Å². The van der Waals surface area contributed by atoms with Crippen LogP contribution < -0.4 is 5.32 Å². The largest absolute Gasteiger partial charge is 0.461 e. The number of nitrogens with zero attached hydrogens (tertiary/aromatic N) is 2. The average Bonchev–Trinajstić information content (AvgIpc) is 3.32. The summed E-state index contributed by atoms with van der Waals surface area (Å²) in [6.45, 7) is 0.310. The molecule has 7 heteroatoms. The van der Waals surface area contributed by atoms with E-state index in [9.17, 15) is 9.90 Å². The van der Waals surface area contributed by atoms with Gasteiger partial charge in [0.1, 0.15) is 0 Å². The Hall–Kier alpha value is -2.15. The van der Waals surface area contributed by atoms with Gasteiger partial charge in [-0.1, -0.05) is 18.0 Å². The molecule has 0 aliphatic heterocycles. The maximum atomic E-state index is 11.8. The average molecular weight is 319 g/mol. The third kappa shape index (κ3) is 4.19. The van der Waals surface area contributed by atoms with E-state index in [1.807, 2.05) is 0 Å². The summed E-state index contributed by atoms with van der Waals surface area (Å²) in [5.41, 5.74) is 0. The van der Waals surface area contributed by atoms with E-state index in [2.05, 4.69) is 15.5 Å². The number of aromatic nitrogens is 2. The van der Waals surface area contributed by atoms with Crippen LogP contribution in [0.1, 0.15) is 38.0 Å². The topological polar surface area (TPSA) is 101 Å². The molecule has 2 aromatic heterocycles. The van der Waals surface area contributed by atoms with Crippen molar-refractivity contribution in [2.24, 2.45) is 5.92 Å². The van der Waals surface area contributed by atoms with Gasteiger partial charge in [-0.3, -0.25) is 4.79 Å². The molecular weight excluding hydrogens is 298 g/mol. The van der Waals surface area contributed by atoms with Crippen molar-refractivity contribution in [2.75, 3.05) is 6.54 Å². The Balaban J connectivity index is 1.40. The minimum Gasteiger partial charge on any atom is -0.461 e. The predicted octanol–water partition coefficient (Wildman–Crippen LogP) is 1.93. The Morgan fingerprint density at radius 2 is 2.26 bits per heavy atom. The highest BCUT2D eigenvalue weighted by Crippen LogP contribution is 2.27. The molecular formula is C16H21N3O4. The number of hydrogen-bond acceptors (Lipinski definition) is 6. The van der Waals surface area contributed by atoms with Crippen LogP contribution in [0, 0.1) is 5.92 Å². The number of furan rings is 1. The molecule has 0 spiro atoms. The van der Waals surface area contributed by atoms with E-state index in [-0.39, 0.29) is 12.3 Å². The molecule has 3 rings (SSSR count). The predicted molar refractivity (Wildman–Crippen MR) is 81.3 cm³/mol. The Kier molecular flexibility index (Phi) is 5.07. The lowest BCUT2D eigenvalue weighted by atomic mass is 10.0. The van der Waals surface area contributed by atoms with E-state index in [0.29, 0.717) is 36.4 Å². The zero-order valence-electron chi connectivity index (χ0n) is 12.9. The monoisotopic (exact) mass is 319 g/mol. The Labute approximate surface area is 134 Å². The third-order valence-corrected chi connectivity index (χ3v) is 4.23. The zero-order chi connectivity index (χ0) is 16.1. The van der Waals surface area contributed by atoms with E-state index in [1.54, 1.807) is 12.1 Å². The van der Waals surface area contributed by atoms with Crippen molar-refractivity contribution >= 4 is 5.91 Å². The summed E-state index contributed by atoms with van der Waals surface area (Å²) in [6, 6.07) is 3.49. The van der Waals surface area contributed by atoms with Gasteiger partial charge >= 0.3 is 0 Å². The number of rotatable bonds is 7. The smallest absolute Gasteiger partial charge is 0.238 e. The molecule has 1 amide bonds. The standard InChI is InChI=1S/C16H21N3O4/c20-12(11-4-1-2-5-11)10-17-14(21)7-8-15-18-16(19-23-15)13-6-3-9-22-13/h3,6,9,11-12,20H,1-2,4-5,7-8,10H2,(H,17,21). The second-order valence-corrected chi connectivity index (χ2v) is 5.90. The van der Waals surface area contributed by atoms with Crippen molar-refractivity contribution in [2.45, 2.75) is 44.6 Å². The number of aliphatic hydroxyl groups excluding tert-OH is 1. The van der Waals surface area contributed by atoms with Crippen molar-refractivity contribution < 1.29 is 18.8 Å². The van der Waals surface area contributed by atoms with Gasteiger partial charge in [0.25, 0.3) is 0 Å². The summed E-state index contributed by atoms with van der Waals surface area (Å²) in [4.78, 5) is 16.0. The molecule has 1 aliphatic rings. The highest BCUT2D eigenvalue weighted by Gasteiger charge is 2.23. The molecule has 1 aliphatic carbocycles. The molecule has 0 radical (unpaired) electrons. The van der Waals surface area contributed by atoms with Crippen LogP contribution >= 0.6 is 0 Å². The number of aryl methyl sites for hydroxylation is 1. The minimum atomic E-state index is -0.449. The molecule has 2 N–H and O–H groups in total. The molecule has 0 aromatic carbocycles. The van der Waals surface area contributed by atoms with Gasteiger partial charge in [-0.2, -0.15) is 4.98 Å². The van der Waals surface area contributed by atoms with Crippen LogP contribution in [0.4, 0.5) is 0 Å². The SMILES string of the molecule is O=C(CCc1nc(-c2ccco2)no1)NCC(O)C1CCCC1.